The van der Waals surface area contributed by atoms with E-state index < -0.39 is 0 Å². The number of hydrogen-bond acceptors (Lipinski definition) is 7. The van der Waals surface area contributed by atoms with E-state index in [-0.39, 0.29) is 5.91 Å². The molecule has 10 nitrogen and oxygen atoms in total. The van der Waals surface area contributed by atoms with Crippen molar-refractivity contribution in [2.24, 2.45) is 0 Å². The minimum Gasteiger partial charge on any atom is -0.338 e. The van der Waals surface area contributed by atoms with Gasteiger partial charge >= 0.3 is 0 Å². The highest BCUT2D eigenvalue weighted by Crippen LogP contribution is 2.25. The van der Waals surface area contributed by atoms with Crippen molar-refractivity contribution in [3.8, 4) is 5.69 Å². The van der Waals surface area contributed by atoms with Crippen LogP contribution >= 0.6 is 0 Å². The van der Waals surface area contributed by atoms with Crippen LogP contribution in [0.5, 0.6) is 0 Å². The van der Waals surface area contributed by atoms with E-state index >= 15 is 0 Å². The van der Waals surface area contributed by atoms with Gasteiger partial charge in [-0.2, -0.15) is 4.98 Å². The Morgan fingerprint density at radius 3 is 2.38 bits per heavy atom. The van der Waals surface area contributed by atoms with Crippen molar-refractivity contribution < 1.29 is 4.79 Å². The number of H-pyrrole nitrogens is 1. The molecule has 3 aromatic heterocycles. The van der Waals surface area contributed by atoms with Gasteiger partial charge in [0.1, 0.15) is 11.8 Å². The molecular formula is C22H19N9O. The molecule has 0 saturated carbocycles. The first kappa shape index (κ1) is 19.2. The number of benzene rings is 2. The van der Waals surface area contributed by atoms with Crippen molar-refractivity contribution in [2.75, 3.05) is 16.0 Å². The SMILES string of the molecule is CC(=O)Nc1ccc(Nc2ncnc3nc(Nc4ccc(-n5ccnc5)cc4)[nH]c23)cc1. The number of rotatable bonds is 6. The molecule has 0 aliphatic heterocycles. The number of carbonyl (C=O) groups is 1. The van der Waals surface area contributed by atoms with Crippen LogP contribution in [0.3, 0.4) is 0 Å². The molecule has 0 unspecified atom stereocenters. The van der Waals surface area contributed by atoms with Gasteiger partial charge in [-0.25, -0.2) is 15.0 Å². The van der Waals surface area contributed by atoms with E-state index in [1.807, 2.05) is 59.3 Å². The lowest BCUT2D eigenvalue weighted by atomic mass is 10.2. The van der Waals surface area contributed by atoms with Crippen molar-refractivity contribution in [2.45, 2.75) is 6.92 Å². The van der Waals surface area contributed by atoms with Crippen molar-refractivity contribution in [1.29, 1.82) is 0 Å². The second-order valence-electron chi connectivity index (χ2n) is 7.03. The van der Waals surface area contributed by atoms with E-state index in [0.29, 0.717) is 22.9 Å². The fraction of sp³-hybridized carbons (Fsp3) is 0.0455. The molecule has 4 N–H and O–H groups in total. The molecule has 0 saturated heterocycles. The lowest BCUT2D eigenvalue weighted by Gasteiger charge is -2.07. The lowest BCUT2D eigenvalue weighted by molar-refractivity contribution is -0.114. The molecule has 0 aliphatic carbocycles. The Bertz CT molecular complexity index is 1360. The van der Waals surface area contributed by atoms with Crippen molar-refractivity contribution in [3.63, 3.8) is 0 Å². The van der Waals surface area contributed by atoms with Crippen LogP contribution in [0.2, 0.25) is 0 Å². The van der Waals surface area contributed by atoms with Gasteiger partial charge in [0.05, 0.1) is 6.33 Å². The molecule has 0 spiro atoms. The van der Waals surface area contributed by atoms with E-state index in [2.05, 4.69) is 40.9 Å². The maximum Gasteiger partial charge on any atom is 0.221 e. The van der Waals surface area contributed by atoms with Gasteiger partial charge in [0.15, 0.2) is 11.5 Å². The summed E-state index contributed by atoms with van der Waals surface area (Å²) >= 11 is 0. The van der Waals surface area contributed by atoms with Crippen molar-refractivity contribution in [3.05, 3.63) is 73.6 Å². The summed E-state index contributed by atoms with van der Waals surface area (Å²) < 4.78 is 1.93. The number of aromatic nitrogens is 6. The molecule has 0 radical (unpaired) electrons. The molecule has 0 aliphatic rings. The van der Waals surface area contributed by atoms with E-state index in [1.165, 1.54) is 13.3 Å². The van der Waals surface area contributed by atoms with Crippen LogP contribution < -0.4 is 16.0 Å². The first-order valence-electron chi connectivity index (χ1n) is 9.85. The lowest BCUT2D eigenvalue weighted by Crippen LogP contribution is -2.05. The predicted molar refractivity (Wildman–Crippen MR) is 123 cm³/mol. The Labute approximate surface area is 182 Å². The zero-order valence-electron chi connectivity index (χ0n) is 17.1. The van der Waals surface area contributed by atoms with Crippen molar-refractivity contribution in [1.82, 2.24) is 29.5 Å². The quantitative estimate of drug-likeness (QED) is 0.324. The maximum atomic E-state index is 11.2. The van der Waals surface area contributed by atoms with Gasteiger partial charge in [-0.15, -0.1) is 0 Å². The molecule has 158 valence electrons. The number of nitrogens with one attached hydrogen (secondary N) is 4. The Hall–Kier alpha value is -4.73. The predicted octanol–water partition coefficient (Wildman–Crippen LogP) is 3.98. The average molecular weight is 425 g/mol. The number of amides is 1. The second kappa shape index (κ2) is 8.19. The molecule has 3 heterocycles. The largest absolute Gasteiger partial charge is 0.338 e. The molecule has 2 aromatic carbocycles. The molecule has 5 aromatic rings. The average Bonchev–Trinajstić information content (AvgIpc) is 3.46. The minimum absolute atomic E-state index is 0.114. The first-order valence-corrected chi connectivity index (χ1v) is 9.85. The monoisotopic (exact) mass is 425 g/mol. The van der Waals surface area contributed by atoms with Gasteiger partial charge in [-0.05, 0) is 48.5 Å². The third-order valence-corrected chi connectivity index (χ3v) is 4.69. The van der Waals surface area contributed by atoms with Crippen LogP contribution in [0.4, 0.5) is 28.8 Å². The fourth-order valence-electron chi connectivity index (χ4n) is 3.22. The summed E-state index contributed by atoms with van der Waals surface area (Å²) in [6, 6.07) is 15.3. The third kappa shape index (κ3) is 4.10. The number of imidazole rings is 2. The highest BCUT2D eigenvalue weighted by Gasteiger charge is 2.10. The minimum atomic E-state index is -0.114. The molecule has 1 amide bonds. The normalized spacial score (nSPS) is 10.8. The Morgan fingerprint density at radius 2 is 1.66 bits per heavy atom. The zero-order chi connectivity index (χ0) is 21.9. The molecule has 10 heteroatoms. The van der Waals surface area contributed by atoms with E-state index in [9.17, 15) is 4.79 Å². The summed E-state index contributed by atoms with van der Waals surface area (Å²) in [5.41, 5.74) is 4.65. The Balaban J connectivity index is 1.34. The van der Waals surface area contributed by atoms with Gasteiger partial charge < -0.3 is 25.5 Å². The number of aromatic amines is 1. The van der Waals surface area contributed by atoms with Gasteiger partial charge in [0.2, 0.25) is 11.9 Å². The first-order chi connectivity index (χ1) is 15.6. The molecule has 5 rings (SSSR count). The van der Waals surface area contributed by atoms with Gasteiger partial charge in [0.25, 0.3) is 0 Å². The molecular weight excluding hydrogens is 406 g/mol. The van der Waals surface area contributed by atoms with Crippen LogP contribution in [-0.4, -0.2) is 35.4 Å². The molecule has 32 heavy (non-hydrogen) atoms. The maximum absolute atomic E-state index is 11.2. The standard InChI is InChI=1S/C22H19N9O/c1-14(32)26-15-2-4-16(5-3-15)27-20-19-21(25-12-24-20)30-22(29-19)28-17-6-8-18(9-7-17)31-11-10-23-13-31/h2-13H,1H3,(H,26,32)(H3,24,25,27,28,29,30). The van der Waals surface area contributed by atoms with Crippen LogP contribution in [-0.2, 0) is 4.79 Å². The van der Waals surface area contributed by atoms with Gasteiger partial charge in [-0.3, -0.25) is 4.79 Å². The van der Waals surface area contributed by atoms with Crippen LogP contribution in [0.15, 0.2) is 73.6 Å². The number of nitrogens with zero attached hydrogens (tertiary/aromatic N) is 5. The molecule has 0 bridgehead atoms. The van der Waals surface area contributed by atoms with Gasteiger partial charge in [-0.1, -0.05) is 0 Å². The third-order valence-electron chi connectivity index (χ3n) is 4.69. The van der Waals surface area contributed by atoms with E-state index in [1.54, 1.807) is 12.5 Å². The van der Waals surface area contributed by atoms with E-state index in [4.69, 9.17) is 0 Å². The summed E-state index contributed by atoms with van der Waals surface area (Å²) in [5.74, 6) is 1.04. The molecule has 0 atom stereocenters. The fourth-order valence-corrected chi connectivity index (χ4v) is 3.22. The zero-order valence-corrected chi connectivity index (χ0v) is 17.1. The smallest absolute Gasteiger partial charge is 0.221 e. The number of anilines is 5. The summed E-state index contributed by atoms with van der Waals surface area (Å²) in [5, 5.41) is 9.25. The summed E-state index contributed by atoms with van der Waals surface area (Å²) in [6.45, 7) is 1.47. The Morgan fingerprint density at radius 1 is 0.938 bits per heavy atom. The highest BCUT2D eigenvalue weighted by atomic mass is 16.1. The summed E-state index contributed by atoms with van der Waals surface area (Å²) in [4.78, 5) is 31.6. The van der Waals surface area contributed by atoms with Crippen LogP contribution in [0.25, 0.3) is 16.9 Å². The van der Waals surface area contributed by atoms with Crippen LogP contribution in [0.1, 0.15) is 6.92 Å². The van der Waals surface area contributed by atoms with E-state index in [0.717, 1.165) is 22.7 Å². The second-order valence-corrected chi connectivity index (χ2v) is 7.03. The summed E-state index contributed by atoms with van der Waals surface area (Å²) in [7, 11) is 0. The Kier molecular flexibility index (Phi) is 4.92. The number of fused-ring (bicyclic) bond motifs is 1. The van der Waals surface area contributed by atoms with Gasteiger partial charge in [0, 0.05) is 42.1 Å². The molecule has 0 fully saturated rings. The topological polar surface area (TPSA) is 125 Å². The van der Waals surface area contributed by atoms with Crippen LogP contribution in [0, 0.1) is 0 Å². The number of carbonyl (C=O) groups excluding carboxylic acids is 1. The van der Waals surface area contributed by atoms with Crippen molar-refractivity contribution >= 4 is 45.9 Å². The highest BCUT2D eigenvalue weighted by molar-refractivity contribution is 5.89. The summed E-state index contributed by atoms with van der Waals surface area (Å²) in [6.07, 6.45) is 6.84. The number of hydrogen-bond donors (Lipinski definition) is 4.